The lowest BCUT2D eigenvalue weighted by atomic mass is 10.00. The van der Waals surface area contributed by atoms with Crippen LogP contribution in [0.1, 0.15) is 19.8 Å². The maximum atomic E-state index is 11.2. The van der Waals surface area contributed by atoms with Gasteiger partial charge in [-0.1, -0.05) is 6.92 Å². The Morgan fingerprint density at radius 2 is 2.00 bits per heavy atom. The number of hydrogen-bond donors (Lipinski definition) is 1. The first-order valence-electron chi connectivity index (χ1n) is 4.25. The third-order valence-corrected chi connectivity index (χ3v) is 4.44. The van der Waals surface area contributed by atoms with Crippen LogP contribution in [0.2, 0.25) is 0 Å². The molecule has 3 atom stereocenters. The van der Waals surface area contributed by atoms with E-state index >= 15 is 0 Å². The van der Waals surface area contributed by atoms with Gasteiger partial charge in [0.25, 0.3) is 0 Å². The summed E-state index contributed by atoms with van der Waals surface area (Å²) in [5.74, 6) is 0.527. The lowest BCUT2D eigenvalue weighted by Gasteiger charge is -2.09. The molecule has 0 aromatic heterocycles. The molecular formula is C8H16O3S. The Hall–Kier alpha value is -0.0900. The molecule has 1 rings (SSSR count). The number of aliphatic hydroxyl groups excluding tert-OH is 1. The minimum Gasteiger partial charge on any atom is -0.396 e. The van der Waals surface area contributed by atoms with Crippen molar-refractivity contribution in [1.82, 2.24) is 0 Å². The molecule has 0 radical (unpaired) electrons. The van der Waals surface area contributed by atoms with E-state index in [9.17, 15) is 8.42 Å². The topological polar surface area (TPSA) is 54.4 Å². The summed E-state index contributed by atoms with van der Waals surface area (Å²) in [5, 5.41) is 8.71. The van der Waals surface area contributed by atoms with Gasteiger partial charge >= 0.3 is 0 Å². The normalized spacial score (nSPS) is 37.1. The summed E-state index contributed by atoms with van der Waals surface area (Å²) < 4.78 is 22.3. The van der Waals surface area contributed by atoms with Crippen molar-refractivity contribution in [3.05, 3.63) is 0 Å². The zero-order valence-corrected chi connectivity index (χ0v) is 8.34. The standard InChI is InChI=1S/C8H16O3S/c1-6-3-8(12(2,10)11)4-7(6)5-9/h6-9H,3-5H2,1-2H3/t6-,7+,8-/m0/s1. The lowest BCUT2D eigenvalue weighted by Crippen LogP contribution is -2.16. The zero-order valence-electron chi connectivity index (χ0n) is 7.53. The van der Waals surface area contributed by atoms with Gasteiger partial charge < -0.3 is 5.11 Å². The van der Waals surface area contributed by atoms with Crippen molar-refractivity contribution in [3.63, 3.8) is 0 Å². The van der Waals surface area contributed by atoms with E-state index in [1.54, 1.807) is 0 Å². The predicted octanol–water partition coefficient (Wildman–Crippen LogP) is 0.438. The molecule has 0 spiro atoms. The molecule has 0 bridgehead atoms. The third-order valence-electron chi connectivity index (χ3n) is 2.85. The van der Waals surface area contributed by atoms with E-state index in [-0.39, 0.29) is 17.8 Å². The molecule has 1 saturated carbocycles. The van der Waals surface area contributed by atoms with E-state index in [4.69, 9.17) is 5.11 Å². The van der Waals surface area contributed by atoms with Crippen LogP contribution in [-0.4, -0.2) is 31.6 Å². The summed E-state index contributed by atoms with van der Waals surface area (Å²) in [6.45, 7) is 2.12. The highest BCUT2D eigenvalue weighted by molar-refractivity contribution is 7.91. The Morgan fingerprint density at radius 3 is 2.25 bits per heavy atom. The van der Waals surface area contributed by atoms with Crippen molar-refractivity contribution >= 4 is 9.84 Å². The highest BCUT2D eigenvalue weighted by Crippen LogP contribution is 2.34. The van der Waals surface area contributed by atoms with E-state index in [2.05, 4.69) is 0 Å². The van der Waals surface area contributed by atoms with E-state index in [0.29, 0.717) is 18.8 Å². The molecule has 12 heavy (non-hydrogen) atoms. The molecular weight excluding hydrogens is 176 g/mol. The lowest BCUT2D eigenvalue weighted by molar-refractivity contribution is 0.201. The fraction of sp³-hybridized carbons (Fsp3) is 1.00. The van der Waals surface area contributed by atoms with Crippen LogP contribution in [0.4, 0.5) is 0 Å². The second kappa shape index (κ2) is 3.34. The highest BCUT2D eigenvalue weighted by atomic mass is 32.2. The summed E-state index contributed by atoms with van der Waals surface area (Å²) in [7, 11) is -2.89. The first-order valence-corrected chi connectivity index (χ1v) is 6.20. The van der Waals surface area contributed by atoms with Crippen molar-refractivity contribution in [3.8, 4) is 0 Å². The molecule has 1 aliphatic carbocycles. The number of rotatable bonds is 2. The molecule has 4 heteroatoms. The molecule has 0 amide bonds. The van der Waals surface area contributed by atoms with Crippen LogP contribution in [-0.2, 0) is 9.84 Å². The van der Waals surface area contributed by atoms with E-state index in [1.807, 2.05) is 6.92 Å². The Kier molecular flexibility index (Phi) is 2.78. The summed E-state index contributed by atoms with van der Waals surface area (Å²) in [6.07, 6.45) is 2.63. The molecule has 0 heterocycles. The van der Waals surface area contributed by atoms with Crippen molar-refractivity contribution in [2.45, 2.75) is 25.0 Å². The fourth-order valence-electron chi connectivity index (χ4n) is 1.88. The monoisotopic (exact) mass is 192 g/mol. The van der Waals surface area contributed by atoms with Gasteiger partial charge in [-0.15, -0.1) is 0 Å². The molecule has 0 aromatic rings. The van der Waals surface area contributed by atoms with E-state index < -0.39 is 9.84 Å². The van der Waals surface area contributed by atoms with Gasteiger partial charge in [0.1, 0.15) is 9.84 Å². The highest BCUT2D eigenvalue weighted by Gasteiger charge is 2.36. The Balaban J connectivity index is 2.67. The maximum absolute atomic E-state index is 11.2. The van der Waals surface area contributed by atoms with E-state index in [1.165, 1.54) is 6.26 Å². The van der Waals surface area contributed by atoms with Crippen molar-refractivity contribution in [1.29, 1.82) is 0 Å². The van der Waals surface area contributed by atoms with Crippen LogP contribution < -0.4 is 0 Å². The summed E-state index contributed by atoms with van der Waals surface area (Å²) in [5.41, 5.74) is 0. The van der Waals surface area contributed by atoms with Crippen molar-refractivity contribution < 1.29 is 13.5 Å². The largest absolute Gasteiger partial charge is 0.396 e. The van der Waals surface area contributed by atoms with Gasteiger partial charge in [0.2, 0.25) is 0 Å². The van der Waals surface area contributed by atoms with Crippen LogP contribution in [0.15, 0.2) is 0 Å². The Morgan fingerprint density at radius 1 is 1.42 bits per heavy atom. The summed E-state index contributed by atoms with van der Waals surface area (Å²) in [6, 6.07) is 0. The Bertz CT molecular complexity index is 245. The second-order valence-corrected chi connectivity index (χ2v) is 6.17. The summed E-state index contributed by atoms with van der Waals surface area (Å²) >= 11 is 0. The first-order chi connectivity index (χ1) is 5.45. The Labute approximate surface area is 73.7 Å². The first kappa shape index (κ1) is 9.99. The van der Waals surface area contributed by atoms with Crippen molar-refractivity contribution in [2.75, 3.05) is 12.9 Å². The quantitative estimate of drug-likeness (QED) is 0.690. The molecule has 0 saturated heterocycles. The minimum absolute atomic E-state index is 0.118. The molecule has 1 N–H and O–H groups in total. The van der Waals surface area contributed by atoms with Crippen molar-refractivity contribution in [2.24, 2.45) is 11.8 Å². The average Bonchev–Trinajstić information content (AvgIpc) is 2.29. The SMILES string of the molecule is C[C@H]1C[C@H](S(C)(=O)=O)C[C@@H]1CO. The number of sulfone groups is 1. The zero-order chi connectivity index (χ0) is 9.35. The summed E-state index contributed by atoms with van der Waals surface area (Å²) in [4.78, 5) is 0. The van der Waals surface area contributed by atoms with Gasteiger partial charge in [-0.25, -0.2) is 8.42 Å². The minimum atomic E-state index is -2.89. The molecule has 1 aliphatic rings. The van der Waals surface area contributed by atoms with Crippen LogP contribution in [0.25, 0.3) is 0 Å². The van der Waals surface area contributed by atoms with Gasteiger partial charge in [0.05, 0.1) is 5.25 Å². The van der Waals surface area contributed by atoms with Gasteiger partial charge in [-0.2, -0.15) is 0 Å². The molecule has 0 aromatic carbocycles. The maximum Gasteiger partial charge on any atom is 0.150 e. The number of aliphatic hydroxyl groups is 1. The third kappa shape index (κ3) is 1.98. The van der Waals surface area contributed by atoms with Crippen LogP contribution in [0, 0.1) is 11.8 Å². The predicted molar refractivity (Wildman–Crippen MR) is 47.6 cm³/mol. The van der Waals surface area contributed by atoms with E-state index in [0.717, 1.165) is 0 Å². The average molecular weight is 192 g/mol. The molecule has 3 nitrogen and oxygen atoms in total. The van der Waals surface area contributed by atoms with Crippen LogP contribution in [0.5, 0.6) is 0 Å². The molecule has 0 unspecified atom stereocenters. The van der Waals surface area contributed by atoms with Crippen LogP contribution in [0.3, 0.4) is 0 Å². The van der Waals surface area contributed by atoms with Gasteiger partial charge in [0, 0.05) is 12.9 Å². The van der Waals surface area contributed by atoms with Gasteiger partial charge in [-0.3, -0.25) is 0 Å². The number of hydrogen-bond acceptors (Lipinski definition) is 3. The molecule has 1 fully saturated rings. The van der Waals surface area contributed by atoms with Gasteiger partial charge in [-0.05, 0) is 24.7 Å². The fourth-order valence-corrected chi connectivity index (χ4v) is 3.13. The van der Waals surface area contributed by atoms with Gasteiger partial charge in [0.15, 0.2) is 0 Å². The molecule has 72 valence electrons. The van der Waals surface area contributed by atoms with Crippen LogP contribution >= 0.6 is 0 Å². The second-order valence-electron chi connectivity index (χ2n) is 3.84. The molecule has 0 aliphatic heterocycles. The smallest absolute Gasteiger partial charge is 0.150 e.